The van der Waals surface area contributed by atoms with E-state index in [0.717, 1.165) is 27.7 Å². The van der Waals surface area contributed by atoms with Crippen LogP contribution in [-0.4, -0.2) is 15.5 Å². The third-order valence-electron chi connectivity index (χ3n) is 2.75. The molecule has 2 rings (SSSR count). The number of rotatable bonds is 3. The number of nitrogens with zero attached hydrogens (tertiary/aromatic N) is 2. The molecule has 0 amide bonds. The molecule has 1 aromatic carbocycles. The number of nitrogens with one attached hydrogen (secondary N) is 1. The summed E-state index contributed by atoms with van der Waals surface area (Å²) in [5, 5.41) is 13.2. The van der Waals surface area contributed by atoms with Gasteiger partial charge in [-0.05, 0) is 30.7 Å². The summed E-state index contributed by atoms with van der Waals surface area (Å²) in [4.78, 5) is 0. The van der Waals surface area contributed by atoms with Crippen LogP contribution < -0.4 is 0 Å². The maximum Gasteiger partial charge on any atom is 0.0930 e. The molecule has 0 spiro atoms. The number of aryl methyl sites for hydroxylation is 1. The Bertz CT molecular complexity index is 632. The number of hydrogen-bond acceptors (Lipinski definition) is 2. The summed E-state index contributed by atoms with van der Waals surface area (Å²) < 4.78 is 1.83. The number of allylic oxidation sites excluding steroid dienone is 2. The van der Waals surface area contributed by atoms with Crippen molar-refractivity contribution in [1.29, 1.82) is 5.41 Å². The van der Waals surface area contributed by atoms with E-state index in [1.165, 1.54) is 6.08 Å². The Hall–Kier alpha value is -2.16. The van der Waals surface area contributed by atoms with Crippen molar-refractivity contribution in [2.75, 3.05) is 0 Å². The molecular formula is C14H15N3. The number of aromatic nitrogens is 2. The highest BCUT2D eigenvalue weighted by molar-refractivity contribution is 6.08. The van der Waals surface area contributed by atoms with Gasteiger partial charge in [-0.15, -0.1) is 0 Å². The van der Waals surface area contributed by atoms with Gasteiger partial charge in [-0.3, -0.25) is 4.68 Å². The topological polar surface area (TPSA) is 41.7 Å². The number of fused-ring (bicyclic) bond motifs is 1. The van der Waals surface area contributed by atoms with Crippen molar-refractivity contribution in [1.82, 2.24) is 9.78 Å². The van der Waals surface area contributed by atoms with Crippen molar-refractivity contribution in [2.45, 2.75) is 6.92 Å². The molecule has 0 atom stereocenters. The molecule has 86 valence electrons. The first-order valence-corrected chi connectivity index (χ1v) is 5.38. The standard InChI is InChI=1S/C14H15N3/c1-5-12(15)10-6-7-13-11(8-10)14(9(2)3)17(4)16-13/h5-8,15H,1-2H2,3-4H3. The Morgan fingerprint density at radius 3 is 2.76 bits per heavy atom. The molecule has 1 N–H and O–H groups in total. The van der Waals surface area contributed by atoms with E-state index in [1.807, 2.05) is 36.9 Å². The summed E-state index contributed by atoms with van der Waals surface area (Å²) in [5.41, 5.74) is 4.17. The van der Waals surface area contributed by atoms with E-state index in [2.05, 4.69) is 18.3 Å². The monoisotopic (exact) mass is 225 g/mol. The molecule has 0 saturated heterocycles. The highest BCUT2D eigenvalue weighted by Crippen LogP contribution is 2.24. The third kappa shape index (κ3) is 1.80. The first-order valence-electron chi connectivity index (χ1n) is 5.38. The lowest BCUT2D eigenvalue weighted by Gasteiger charge is -2.02. The second-order valence-electron chi connectivity index (χ2n) is 4.10. The van der Waals surface area contributed by atoms with E-state index in [-0.39, 0.29) is 0 Å². The lowest BCUT2D eigenvalue weighted by atomic mass is 10.0. The molecule has 3 heteroatoms. The number of hydrogen-bond donors (Lipinski definition) is 1. The van der Waals surface area contributed by atoms with Crippen molar-refractivity contribution in [2.24, 2.45) is 7.05 Å². The summed E-state index contributed by atoms with van der Waals surface area (Å²) in [6.07, 6.45) is 1.54. The lowest BCUT2D eigenvalue weighted by molar-refractivity contribution is 0.767. The average Bonchev–Trinajstić information content (AvgIpc) is 2.62. The maximum atomic E-state index is 7.77. The highest BCUT2D eigenvalue weighted by Gasteiger charge is 2.10. The van der Waals surface area contributed by atoms with Crippen molar-refractivity contribution in [3.63, 3.8) is 0 Å². The molecule has 0 radical (unpaired) electrons. The second-order valence-corrected chi connectivity index (χ2v) is 4.10. The van der Waals surface area contributed by atoms with Crippen LogP contribution in [0.25, 0.3) is 16.5 Å². The van der Waals surface area contributed by atoms with Crippen LogP contribution >= 0.6 is 0 Å². The second kappa shape index (κ2) is 4.01. The van der Waals surface area contributed by atoms with E-state index in [0.29, 0.717) is 5.71 Å². The average molecular weight is 225 g/mol. The lowest BCUT2D eigenvalue weighted by Crippen LogP contribution is -1.95. The molecule has 0 aliphatic carbocycles. The normalized spacial score (nSPS) is 10.5. The quantitative estimate of drug-likeness (QED) is 0.801. The van der Waals surface area contributed by atoms with Gasteiger partial charge in [0.25, 0.3) is 0 Å². The zero-order valence-corrected chi connectivity index (χ0v) is 10.1. The minimum Gasteiger partial charge on any atom is -0.300 e. The molecule has 0 unspecified atom stereocenters. The first-order chi connectivity index (χ1) is 8.04. The number of benzene rings is 1. The van der Waals surface area contributed by atoms with Crippen LogP contribution in [-0.2, 0) is 7.05 Å². The zero-order valence-electron chi connectivity index (χ0n) is 10.1. The minimum absolute atomic E-state index is 0.420. The van der Waals surface area contributed by atoms with Crippen LogP contribution in [0.5, 0.6) is 0 Å². The van der Waals surface area contributed by atoms with Crippen LogP contribution in [0, 0.1) is 5.41 Å². The molecule has 17 heavy (non-hydrogen) atoms. The largest absolute Gasteiger partial charge is 0.300 e. The fraction of sp³-hybridized carbons (Fsp3) is 0.143. The molecule has 0 saturated carbocycles. The highest BCUT2D eigenvalue weighted by atomic mass is 15.3. The molecule has 1 heterocycles. The molecule has 2 aromatic rings. The maximum absolute atomic E-state index is 7.77. The summed E-state index contributed by atoms with van der Waals surface area (Å²) in [6.45, 7) is 9.55. The Kier molecular flexibility index (Phi) is 2.68. The van der Waals surface area contributed by atoms with Gasteiger partial charge in [-0.25, -0.2) is 0 Å². The van der Waals surface area contributed by atoms with Gasteiger partial charge in [0.2, 0.25) is 0 Å². The van der Waals surface area contributed by atoms with E-state index in [9.17, 15) is 0 Å². The Morgan fingerprint density at radius 1 is 1.47 bits per heavy atom. The fourth-order valence-electron chi connectivity index (χ4n) is 1.99. The van der Waals surface area contributed by atoms with Crippen LogP contribution in [0.1, 0.15) is 18.2 Å². The minimum atomic E-state index is 0.420. The first kappa shape index (κ1) is 11.3. The van der Waals surface area contributed by atoms with Crippen LogP contribution in [0.3, 0.4) is 0 Å². The van der Waals surface area contributed by atoms with Gasteiger partial charge in [0.15, 0.2) is 0 Å². The Labute approximate surface area is 101 Å². The van der Waals surface area contributed by atoms with Crippen LogP contribution in [0.4, 0.5) is 0 Å². The molecule has 1 aromatic heterocycles. The smallest absolute Gasteiger partial charge is 0.0930 e. The summed E-state index contributed by atoms with van der Waals surface area (Å²) in [6, 6.07) is 5.78. The van der Waals surface area contributed by atoms with E-state index in [1.54, 1.807) is 0 Å². The third-order valence-corrected chi connectivity index (χ3v) is 2.75. The summed E-state index contributed by atoms with van der Waals surface area (Å²) in [5.74, 6) is 0. The van der Waals surface area contributed by atoms with Crippen molar-refractivity contribution < 1.29 is 0 Å². The zero-order chi connectivity index (χ0) is 12.6. The summed E-state index contributed by atoms with van der Waals surface area (Å²) in [7, 11) is 1.91. The molecule has 3 nitrogen and oxygen atoms in total. The Morgan fingerprint density at radius 2 is 2.18 bits per heavy atom. The van der Waals surface area contributed by atoms with Gasteiger partial charge < -0.3 is 5.41 Å². The summed E-state index contributed by atoms with van der Waals surface area (Å²) >= 11 is 0. The van der Waals surface area contributed by atoms with Gasteiger partial charge in [0, 0.05) is 18.0 Å². The molecular weight excluding hydrogens is 210 g/mol. The molecule has 0 aliphatic heterocycles. The molecule has 0 fully saturated rings. The SMILES string of the molecule is C=CC(=N)c1ccc2nn(C)c(C(=C)C)c2c1. The van der Waals surface area contributed by atoms with Crippen molar-refractivity contribution in [3.8, 4) is 0 Å². The van der Waals surface area contributed by atoms with Gasteiger partial charge in [0.1, 0.15) is 0 Å². The van der Waals surface area contributed by atoms with Crippen molar-refractivity contribution >= 4 is 22.2 Å². The van der Waals surface area contributed by atoms with Gasteiger partial charge in [0.05, 0.1) is 16.9 Å². The van der Waals surface area contributed by atoms with Gasteiger partial charge >= 0.3 is 0 Å². The van der Waals surface area contributed by atoms with Crippen LogP contribution in [0.2, 0.25) is 0 Å². The molecule has 0 aliphatic rings. The predicted molar refractivity (Wildman–Crippen MR) is 72.4 cm³/mol. The fourth-order valence-corrected chi connectivity index (χ4v) is 1.99. The molecule has 0 bridgehead atoms. The van der Waals surface area contributed by atoms with Crippen molar-refractivity contribution in [3.05, 3.63) is 48.7 Å². The van der Waals surface area contributed by atoms with E-state index < -0.39 is 0 Å². The van der Waals surface area contributed by atoms with Crippen LogP contribution in [0.15, 0.2) is 37.4 Å². The van der Waals surface area contributed by atoms with E-state index in [4.69, 9.17) is 5.41 Å². The predicted octanol–water partition coefficient (Wildman–Crippen LogP) is 3.16. The van der Waals surface area contributed by atoms with Gasteiger partial charge in [-0.1, -0.05) is 19.2 Å². The van der Waals surface area contributed by atoms with Gasteiger partial charge in [-0.2, -0.15) is 5.10 Å². The van der Waals surface area contributed by atoms with E-state index >= 15 is 0 Å². The Balaban J connectivity index is 2.74.